The number of aromatic nitrogens is 1. The van der Waals surface area contributed by atoms with Gasteiger partial charge in [-0.05, 0) is 30.3 Å². The van der Waals surface area contributed by atoms with Gasteiger partial charge in [0.15, 0.2) is 0 Å². The summed E-state index contributed by atoms with van der Waals surface area (Å²) in [5, 5.41) is 0. The van der Waals surface area contributed by atoms with Crippen molar-refractivity contribution in [3.05, 3.63) is 89.1 Å². The number of halogens is 1. The van der Waals surface area contributed by atoms with E-state index in [1.165, 1.54) is 22.9 Å². The Balaban J connectivity index is 1.61. The van der Waals surface area contributed by atoms with Crippen molar-refractivity contribution in [1.29, 1.82) is 0 Å². The predicted octanol–water partition coefficient (Wildman–Crippen LogP) is 3.43. The van der Waals surface area contributed by atoms with Gasteiger partial charge in [-0.15, -0.1) is 0 Å². The molecule has 3 aromatic rings. The van der Waals surface area contributed by atoms with Gasteiger partial charge in [-0.25, -0.2) is 4.39 Å². The zero-order valence-corrected chi connectivity index (χ0v) is 12.9. The fourth-order valence-electron chi connectivity index (χ4n) is 2.23. The Morgan fingerprint density at radius 1 is 0.833 bits per heavy atom. The maximum absolute atomic E-state index is 13.8. The summed E-state index contributed by atoms with van der Waals surface area (Å²) in [4.78, 5) is 12.1. The normalized spacial score (nSPS) is 10.4. The Hall–Kier alpha value is -3.08. The second-order valence-corrected chi connectivity index (χ2v) is 5.03. The third kappa shape index (κ3) is 3.81. The fraction of sp³-hybridized carbons (Fsp3) is 0.105. The molecule has 0 radical (unpaired) electrons. The first-order chi connectivity index (χ1) is 11.7. The molecule has 0 saturated carbocycles. The van der Waals surface area contributed by atoms with E-state index < -0.39 is 5.82 Å². The van der Waals surface area contributed by atoms with Gasteiger partial charge in [-0.3, -0.25) is 9.36 Å². The summed E-state index contributed by atoms with van der Waals surface area (Å²) in [6.07, 6.45) is 1.49. The molecule has 1 heterocycles. The monoisotopic (exact) mass is 325 g/mol. The molecule has 0 spiro atoms. The van der Waals surface area contributed by atoms with E-state index in [9.17, 15) is 9.18 Å². The molecule has 24 heavy (non-hydrogen) atoms. The smallest absolute Gasteiger partial charge is 0.258 e. The Labute approximate surface area is 138 Å². The van der Waals surface area contributed by atoms with E-state index >= 15 is 0 Å². The van der Waals surface area contributed by atoms with E-state index in [0.717, 1.165) is 5.75 Å². The molecule has 0 aliphatic carbocycles. The lowest BCUT2D eigenvalue weighted by molar-refractivity contribution is 0.217. The van der Waals surface area contributed by atoms with E-state index in [-0.39, 0.29) is 11.2 Å². The van der Waals surface area contributed by atoms with Crippen LogP contribution in [0.4, 0.5) is 4.39 Å². The largest absolute Gasteiger partial charge is 0.490 e. The maximum atomic E-state index is 13.8. The minimum absolute atomic E-state index is 0.210. The minimum Gasteiger partial charge on any atom is -0.490 e. The van der Waals surface area contributed by atoms with Gasteiger partial charge in [0.25, 0.3) is 5.56 Å². The van der Waals surface area contributed by atoms with Crippen molar-refractivity contribution in [3.8, 4) is 17.2 Å². The average molecular weight is 325 g/mol. The molecule has 0 unspecified atom stereocenters. The molecule has 0 saturated heterocycles. The van der Waals surface area contributed by atoms with Crippen LogP contribution in [-0.2, 0) is 0 Å². The highest BCUT2D eigenvalue weighted by atomic mass is 19.1. The third-order valence-electron chi connectivity index (χ3n) is 3.37. The first-order valence-corrected chi connectivity index (χ1v) is 7.52. The van der Waals surface area contributed by atoms with E-state index in [1.807, 2.05) is 30.3 Å². The lowest BCUT2D eigenvalue weighted by Crippen LogP contribution is -2.18. The van der Waals surface area contributed by atoms with Crippen molar-refractivity contribution in [2.24, 2.45) is 0 Å². The van der Waals surface area contributed by atoms with Gasteiger partial charge < -0.3 is 9.47 Å². The molecule has 1 aromatic heterocycles. The topological polar surface area (TPSA) is 40.5 Å². The van der Waals surface area contributed by atoms with E-state index in [0.29, 0.717) is 19.0 Å². The predicted molar refractivity (Wildman–Crippen MR) is 89.4 cm³/mol. The Morgan fingerprint density at radius 2 is 1.50 bits per heavy atom. The quantitative estimate of drug-likeness (QED) is 0.652. The van der Waals surface area contributed by atoms with Crippen LogP contribution in [0.15, 0.2) is 77.7 Å². The summed E-state index contributed by atoms with van der Waals surface area (Å²) < 4.78 is 26.0. The SMILES string of the molecule is O=c1cc(OCCOc2ccccc2)ccn1-c1ccccc1F. The van der Waals surface area contributed by atoms with Gasteiger partial charge in [0.1, 0.15) is 30.5 Å². The summed E-state index contributed by atoms with van der Waals surface area (Å²) in [7, 11) is 0. The number of pyridine rings is 1. The number of benzene rings is 2. The van der Waals surface area contributed by atoms with Gasteiger partial charge in [-0.1, -0.05) is 30.3 Å². The van der Waals surface area contributed by atoms with Crippen molar-refractivity contribution < 1.29 is 13.9 Å². The van der Waals surface area contributed by atoms with Gasteiger partial charge in [-0.2, -0.15) is 0 Å². The molecule has 0 fully saturated rings. The highest BCUT2D eigenvalue weighted by Crippen LogP contribution is 2.13. The zero-order chi connectivity index (χ0) is 16.8. The molecule has 0 amide bonds. The second-order valence-electron chi connectivity index (χ2n) is 5.03. The van der Waals surface area contributed by atoms with Crippen LogP contribution >= 0.6 is 0 Å². The average Bonchev–Trinajstić information content (AvgIpc) is 2.61. The van der Waals surface area contributed by atoms with Crippen LogP contribution in [-0.4, -0.2) is 17.8 Å². The van der Waals surface area contributed by atoms with Crippen LogP contribution in [0.3, 0.4) is 0 Å². The second kappa shape index (κ2) is 7.46. The van der Waals surface area contributed by atoms with Gasteiger partial charge in [0.2, 0.25) is 0 Å². The van der Waals surface area contributed by atoms with Gasteiger partial charge in [0.05, 0.1) is 5.69 Å². The van der Waals surface area contributed by atoms with Crippen LogP contribution < -0.4 is 15.0 Å². The Morgan fingerprint density at radius 3 is 2.21 bits per heavy atom. The lowest BCUT2D eigenvalue weighted by atomic mass is 10.3. The third-order valence-corrected chi connectivity index (χ3v) is 3.37. The number of nitrogens with zero attached hydrogens (tertiary/aromatic N) is 1. The number of hydrogen-bond acceptors (Lipinski definition) is 3. The molecule has 3 rings (SSSR count). The van der Waals surface area contributed by atoms with Crippen molar-refractivity contribution >= 4 is 0 Å². The van der Waals surface area contributed by atoms with Crippen molar-refractivity contribution in [2.75, 3.05) is 13.2 Å². The molecule has 0 aliphatic heterocycles. The Bertz CT molecular complexity index is 862. The number of hydrogen-bond donors (Lipinski definition) is 0. The molecular formula is C19H16FNO3. The fourth-order valence-corrected chi connectivity index (χ4v) is 2.23. The van der Waals surface area contributed by atoms with E-state index in [2.05, 4.69) is 0 Å². The molecule has 2 aromatic carbocycles. The molecule has 0 N–H and O–H groups in total. The molecule has 5 heteroatoms. The molecule has 122 valence electrons. The molecule has 0 bridgehead atoms. The highest BCUT2D eigenvalue weighted by Gasteiger charge is 2.06. The van der Waals surface area contributed by atoms with Gasteiger partial charge >= 0.3 is 0 Å². The van der Waals surface area contributed by atoms with Crippen molar-refractivity contribution in [3.63, 3.8) is 0 Å². The summed E-state index contributed by atoms with van der Waals surface area (Å²) >= 11 is 0. The highest BCUT2D eigenvalue weighted by molar-refractivity contribution is 5.35. The number of ether oxygens (including phenoxy) is 2. The van der Waals surface area contributed by atoms with Crippen LogP contribution in [0.5, 0.6) is 11.5 Å². The molecule has 0 aliphatic rings. The first-order valence-electron chi connectivity index (χ1n) is 7.52. The van der Waals surface area contributed by atoms with Crippen molar-refractivity contribution in [2.45, 2.75) is 0 Å². The summed E-state index contributed by atoms with van der Waals surface area (Å²) in [5.74, 6) is 0.727. The maximum Gasteiger partial charge on any atom is 0.258 e. The summed E-state index contributed by atoms with van der Waals surface area (Å²) in [6.45, 7) is 0.665. The van der Waals surface area contributed by atoms with Crippen LogP contribution in [0, 0.1) is 5.82 Å². The Kier molecular flexibility index (Phi) is 4.91. The number of para-hydroxylation sites is 2. The van der Waals surface area contributed by atoms with Crippen LogP contribution in [0.2, 0.25) is 0 Å². The van der Waals surface area contributed by atoms with E-state index in [4.69, 9.17) is 9.47 Å². The van der Waals surface area contributed by atoms with Crippen molar-refractivity contribution in [1.82, 2.24) is 4.57 Å². The minimum atomic E-state index is -0.454. The first kappa shape index (κ1) is 15.8. The van der Waals surface area contributed by atoms with Gasteiger partial charge in [0, 0.05) is 12.3 Å². The zero-order valence-electron chi connectivity index (χ0n) is 12.9. The summed E-state index contributed by atoms with van der Waals surface area (Å²) in [5.41, 5.74) is -0.150. The standard InChI is InChI=1S/C19H16FNO3/c20-17-8-4-5-9-18(17)21-11-10-16(14-19(21)22)24-13-12-23-15-6-2-1-3-7-15/h1-11,14H,12-13H2. The molecule has 0 atom stereocenters. The van der Waals surface area contributed by atoms with E-state index in [1.54, 1.807) is 24.3 Å². The van der Waals surface area contributed by atoms with Crippen LogP contribution in [0.1, 0.15) is 0 Å². The lowest BCUT2D eigenvalue weighted by Gasteiger charge is -2.10. The molecular weight excluding hydrogens is 309 g/mol. The number of rotatable bonds is 6. The summed E-state index contributed by atoms with van der Waals surface area (Å²) in [6, 6.07) is 18.5. The molecule has 4 nitrogen and oxygen atoms in total. The van der Waals surface area contributed by atoms with Crippen LogP contribution in [0.25, 0.3) is 5.69 Å².